The zero-order valence-electron chi connectivity index (χ0n) is 18.9. The summed E-state index contributed by atoms with van der Waals surface area (Å²) in [4.78, 5) is 18.3. The number of nitrogens with zero attached hydrogens (tertiary/aromatic N) is 2. The van der Waals surface area contributed by atoms with Gasteiger partial charge in [0.1, 0.15) is 28.8 Å². The van der Waals surface area contributed by atoms with Gasteiger partial charge < -0.3 is 14.6 Å². The molecule has 1 amide bonds. The number of carbonyl (C=O) groups is 1. The summed E-state index contributed by atoms with van der Waals surface area (Å²) in [5, 5.41) is 2.99. The van der Waals surface area contributed by atoms with Crippen LogP contribution in [0.4, 0.5) is 4.39 Å². The highest BCUT2D eigenvalue weighted by molar-refractivity contribution is 5.99. The molecule has 1 aromatic heterocycles. The summed E-state index contributed by atoms with van der Waals surface area (Å²) in [7, 11) is 1.61. The summed E-state index contributed by atoms with van der Waals surface area (Å²) in [5.74, 6) is 0.788. The van der Waals surface area contributed by atoms with Gasteiger partial charge in [0.2, 0.25) is 0 Å². The standard InChI is InChI=1S/C27H26FN3O2/c1-4-31-25(27(32)29-17-19-9-8-12-22(15-19)33-3)24(21-14-13-18(2)23(28)16-21)30-26(31)20-10-6-5-7-11-20/h5-16H,4,17H2,1-3H3,(H,29,32). The van der Waals surface area contributed by atoms with Gasteiger partial charge in [-0.15, -0.1) is 0 Å². The van der Waals surface area contributed by atoms with Crippen molar-refractivity contribution in [2.45, 2.75) is 26.9 Å². The highest BCUT2D eigenvalue weighted by atomic mass is 19.1. The van der Waals surface area contributed by atoms with Gasteiger partial charge in [0.05, 0.1) is 7.11 Å². The molecule has 4 aromatic rings. The lowest BCUT2D eigenvalue weighted by atomic mass is 10.1. The number of hydrogen-bond acceptors (Lipinski definition) is 3. The first-order valence-electron chi connectivity index (χ1n) is 10.9. The topological polar surface area (TPSA) is 56.2 Å². The second-order valence-corrected chi connectivity index (χ2v) is 7.74. The van der Waals surface area contributed by atoms with Crippen LogP contribution in [0.3, 0.4) is 0 Å². The minimum Gasteiger partial charge on any atom is -0.497 e. The Morgan fingerprint density at radius 1 is 1.03 bits per heavy atom. The van der Waals surface area contributed by atoms with E-state index in [1.807, 2.05) is 66.1 Å². The van der Waals surface area contributed by atoms with E-state index in [4.69, 9.17) is 9.72 Å². The van der Waals surface area contributed by atoms with E-state index in [1.165, 1.54) is 6.07 Å². The summed E-state index contributed by atoms with van der Waals surface area (Å²) in [6.07, 6.45) is 0. The van der Waals surface area contributed by atoms with Gasteiger partial charge in [-0.3, -0.25) is 4.79 Å². The van der Waals surface area contributed by atoms with Crippen molar-refractivity contribution < 1.29 is 13.9 Å². The minimum absolute atomic E-state index is 0.273. The van der Waals surface area contributed by atoms with Crippen LogP contribution in [0.15, 0.2) is 72.8 Å². The maximum atomic E-state index is 14.4. The number of hydrogen-bond donors (Lipinski definition) is 1. The molecule has 3 aromatic carbocycles. The molecule has 1 N–H and O–H groups in total. The van der Waals surface area contributed by atoms with Crippen molar-refractivity contribution in [1.82, 2.24) is 14.9 Å². The van der Waals surface area contributed by atoms with Gasteiger partial charge in [-0.05, 0) is 43.2 Å². The minimum atomic E-state index is -0.331. The number of aryl methyl sites for hydroxylation is 1. The molecule has 168 valence electrons. The summed E-state index contributed by atoms with van der Waals surface area (Å²) >= 11 is 0. The van der Waals surface area contributed by atoms with Gasteiger partial charge in [-0.2, -0.15) is 0 Å². The van der Waals surface area contributed by atoms with Crippen LogP contribution in [0.25, 0.3) is 22.6 Å². The van der Waals surface area contributed by atoms with Crippen molar-refractivity contribution >= 4 is 5.91 Å². The van der Waals surface area contributed by atoms with E-state index >= 15 is 0 Å². The number of methoxy groups -OCH3 is 1. The zero-order chi connectivity index (χ0) is 23.4. The number of amides is 1. The van der Waals surface area contributed by atoms with Gasteiger partial charge in [-0.1, -0.05) is 54.6 Å². The van der Waals surface area contributed by atoms with Gasteiger partial charge in [0.15, 0.2) is 0 Å². The summed E-state index contributed by atoms with van der Waals surface area (Å²) < 4.78 is 21.6. The normalized spacial score (nSPS) is 10.8. The summed E-state index contributed by atoms with van der Waals surface area (Å²) in [6.45, 7) is 4.54. The Labute approximate surface area is 192 Å². The highest BCUT2D eigenvalue weighted by Crippen LogP contribution is 2.30. The zero-order valence-corrected chi connectivity index (χ0v) is 18.9. The molecular formula is C27H26FN3O2. The molecule has 0 bridgehead atoms. The number of aromatic nitrogens is 2. The molecule has 1 heterocycles. The number of benzene rings is 3. The third-order valence-electron chi connectivity index (χ3n) is 5.56. The third-order valence-corrected chi connectivity index (χ3v) is 5.56. The largest absolute Gasteiger partial charge is 0.497 e. The molecule has 5 nitrogen and oxygen atoms in total. The van der Waals surface area contributed by atoms with Crippen LogP contribution < -0.4 is 10.1 Å². The lowest BCUT2D eigenvalue weighted by molar-refractivity contribution is 0.0942. The van der Waals surface area contributed by atoms with Crippen LogP contribution in [0.5, 0.6) is 5.75 Å². The molecule has 33 heavy (non-hydrogen) atoms. The second kappa shape index (κ2) is 9.69. The Bertz CT molecular complexity index is 1280. The lowest BCUT2D eigenvalue weighted by Crippen LogP contribution is -2.26. The first kappa shape index (κ1) is 22.3. The van der Waals surface area contributed by atoms with E-state index in [0.29, 0.717) is 41.4 Å². The predicted octanol–water partition coefficient (Wildman–Crippen LogP) is 5.62. The van der Waals surface area contributed by atoms with E-state index in [1.54, 1.807) is 26.2 Å². The number of carbonyl (C=O) groups excluding carboxylic acids is 1. The predicted molar refractivity (Wildman–Crippen MR) is 128 cm³/mol. The quantitative estimate of drug-likeness (QED) is 0.403. The molecule has 0 aliphatic rings. The number of nitrogens with one attached hydrogen (secondary N) is 1. The Morgan fingerprint density at radius 2 is 1.82 bits per heavy atom. The maximum absolute atomic E-state index is 14.4. The van der Waals surface area contributed by atoms with Crippen LogP contribution in [-0.4, -0.2) is 22.6 Å². The fraction of sp³-hybridized carbons (Fsp3) is 0.185. The van der Waals surface area contributed by atoms with E-state index in [0.717, 1.165) is 16.9 Å². The Kier molecular flexibility index (Phi) is 6.54. The average molecular weight is 444 g/mol. The van der Waals surface area contributed by atoms with Crippen molar-refractivity contribution in [2.24, 2.45) is 0 Å². The molecule has 4 rings (SSSR count). The van der Waals surface area contributed by atoms with Crippen LogP contribution in [0.2, 0.25) is 0 Å². The molecule has 0 fully saturated rings. The number of ether oxygens (including phenoxy) is 1. The molecular weight excluding hydrogens is 417 g/mol. The summed E-state index contributed by atoms with van der Waals surface area (Å²) in [5.41, 5.74) is 3.77. The molecule has 0 radical (unpaired) electrons. The second-order valence-electron chi connectivity index (χ2n) is 7.74. The van der Waals surface area contributed by atoms with Gasteiger partial charge >= 0.3 is 0 Å². The van der Waals surface area contributed by atoms with Gasteiger partial charge in [0.25, 0.3) is 5.91 Å². The van der Waals surface area contributed by atoms with Crippen LogP contribution >= 0.6 is 0 Å². The SMILES string of the molecule is CCn1c(-c2ccccc2)nc(-c2ccc(C)c(F)c2)c1C(=O)NCc1cccc(OC)c1. The fourth-order valence-electron chi connectivity index (χ4n) is 3.79. The highest BCUT2D eigenvalue weighted by Gasteiger charge is 2.24. The van der Waals surface area contributed by atoms with Gasteiger partial charge in [-0.25, -0.2) is 9.37 Å². The van der Waals surface area contributed by atoms with Crippen LogP contribution in [0.1, 0.15) is 28.5 Å². The molecule has 0 spiro atoms. The maximum Gasteiger partial charge on any atom is 0.270 e. The van der Waals surface area contributed by atoms with Crippen LogP contribution in [0, 0.1) is 12.7 Å². The first-order valence-corrected chi connectivity index (χ1v) is 10.9. The number of imidazole rings is 1. The molecule has 0 aliphatic heterocycles. The molecule has 0 saturated heterocycles. The smallest absolute Gasteiger partial charge is 0.270 e. The van der Waals surface area contributed by atoms with Crippen molar-refractivity contribution in [3.63, 3.8) is 0 Å². The van der Waals surface area contributed by atoms with Crippen molar-refractivity contribution in [3.8, 4) is 28.4 Å². The Hall–Kier alpha value is -3.93. The van der Waals surface area contributed by atoms with E-state index in [9.17, 15) is 9.18 Å². The lowest BCUT2D eigenvalue weighted by Gasteiger charge is -2.12. The third kappa shape index (κ3) is 4.65. The van der Waals surface area contributed by atoms with Crippen LogP contribution in [-0.2, 0) is 13.1 Å². The molecule has 6 heteroatoms. The average Bonchev–Trinajstić information content (AvgIpc) is 3.24. The fourth-order valence-corrected chi connectivity index (χ4v) is 3.79. The Balaban J connectivity index is 1.77. The van der Waals surface area contributed by atoms with Crippen molar-refractivity contribution in [1.29, 1.82) is 0 Å². The van der Waals surface area contributed by atoms with E-state index in [-0.39, 0.29) is 11.7 Å². The number of halogens is 1. The number of rotatable bonds is 7. The summed E-state index contributed by atoms with van der Waals surface area (Å²) in [6, 6.07) is 22.2. The van der Waals surface area contributed by atoms with E-state index < -0.39 is 0 Å². The molecule has 0 atom stereocenters. The van der Waals surface area contributed by atoms with E-state index in [2.05, 4.69) is 5.32 Å². The molecule has 0 aliphatic carbocycles. The van der Waals surface area contributed by atoms with Crippen molar-refractivity contribution in [3.05, 3.63) is 95.4 Å². The Morgan fingerprint density at radius 3 is 2.52 bits per heavy atom. The first-order chi connectivity index (χ1) is 16.0. The molecule has 0 saturated carbocycles. The van der Waals surface area contributed by atoms with Crippen molar-refractivity contribution in [2.75, 3.05) is 7.11 Å². The molecule has 0 unspecified atom stereocenters. The monoisotopic (exact) mass is 443 g/mol. The van der Waals surface area contributed by atoms with Gasteiger partial charge in [0, 0.05) is 24.2 Å².